The van der Waals surface area contributed by atoms with Crippen LogP contribution < -0.4 is 5.32 Å². The number of halogens is 2. The molecule has 4 heteroatoms. The summed E-state index contributed by atoms with van der Waals surface area (Å²) in [5.74, 6) is -0.182. The average Bonchev–Trinajstić information content (AvgIpc) is 2.27. The lowest BCUT2D eigenvalue weighted by Crippen LogP contribution is -2.25. The minimum absolute atomic E-state index is 0.0248. The molecule has 0 spiro atoms. The van der Waals surface area contributed by atoms with Crippen LogP contribution in [0.15, 0.2) is 22.7 Å². The van der Waals surface area contributed by atoms with Crippen molar-refractivity contribution < 1.29 is 9.13 Å². The van der Waals surface area contributed by atoms with E-state index in [0.717, 1.165) is 4.47 Å². The predicted octanol–water partition coefficient (Wildman–Crippen LogP) is 3.66. The molecule has 0 fully saturated rings. The van der Waals surface area contributed by atoms with Gasteiger partial charge in [-0.1, -0.05) is 15.9 Å². The second kappa shape index (κ2) is 7.09. The molecular formula is C13H19BrFNO. The predicted molar refractivity (Wildman–Crippen MR) is 71.6 cm³/mol. The molecule has 0 amide bonds. The third-order valence-corrected chi connectivity index (χ3v) is 2.92. The minimum atomic E-state index is -0.182. The van der Waals surface area contributed by atoms with Crippen LogP contribution in [0.2, 0.25) is 0 Å². The Balaban J connectivity index is 2.46. The van der Waals surface area contributed by atoms with Crippen LogP contribution in [0.1, 0.15) is 32.4 Å². The van der Waals surface area contributed by atoms with Crippen LogP contribution in [0, 0.1) is 5.82 Å². The number of hydrogen-bond acceptors (Lipinski definition) is 2. The first-order chi connectivity index (χ1) is 8.00. The molecule has 0 aliphatic carbocycles. The van der Waals surface area contributed by atoms with Crippen LogP contribution in [-0.4, -0.2) is 19.3 Å². The largest absolute Gasteiger partial charge is 0.377 e. The highest BCUT2D eigenvalue weighted by molar-refractivity contribution is 9.10. The van der Waals surface area contributed by atoms with E-state index < -0.39 is 0 Å². The zero-order valence-electron chi connectivity index (χ0n) is 10.5. The van der Waals surface area contributed by atoms with Crippen molar-refractivity contribution in [3.05, 3.63) is 34.1 Å². The molecule has 1 unspecified atom stereocenters. The second-order valence-electron chi connectivity index (χ2n) is 4.26. The van der Waals surface area contributed by atoms with E-state index in [4.69, 9.17) is 4.74 Å². The van der Waals surface area contributed by atoms with E-state index in [1.54, 1.807) is 12.1 Å². The van der Waals surface area contributed by atoms with Crippen molar-refractivity contribution in [2.45, 2.75) is 32.9 Å². The molecule has 0 bridgehead atoms. The molecule has 0 heterocycles. The molecule has 96 valence electrons. The lowest BCUT2D eigenvalue weighted by atomic mass is 10.1. The molecule has 0 aliphatic heterocycles. The summed E-state index contributed by atoms with van der Waals surface area (Å²) < 4.78 is 19.9. The van der Waals surface area contributed by atoms with E-state index in [1.165, 1.54) is 6.07 Å². The van der Waals surface area contributed by atoms with Crippen molar-refractivity contribution in [1.29, 1.82) is 0 Å². The summed E-state index contributed by atoms with van der Waals surface area (Å²) in [7, 11) is 0. The Morgan fingerprint density at radius 2 is 2.06 bits per heavy atom. The summed E-state index contributed by atoms with van der Waals surface area (Å²) in [5.41, 5.74) is 0.670. The molecule has 1 N–H and O–H groups in total. The Hall–Kier alpha value is -0.450. The molecule has 0 aromatic heterocycles. The number of hydrogen-bond donors (Lipinski definition) is 1. The van der Waals surface area contributed by atoms with E-state index in [0.29, 0.717) is 18.7 Å². The van der Waals surface area contributed by atoms with Gasteiger partial charge in [-0.3, -0.25) is 0 Å². The molecule has 1 aromatic rings. The maximum atomic E-state index is 13.6. The van der Waals surface area contributed by atoms with Gasteiger partial charge >= 0.3 is 0 Å². The Kier molecular flexibility index (Phi) is 6.09. The summed E-state index contributed by atoms with van der Waals surface area (Å²) >= 11 is 3.35. The van der Waals surface area contributed by atoms with Crippen molar-refractivity contribution >= 4 is 15.9 Å². The van der Waals surface area contributed by atoms with Gasteiger partial charge in [0.05, 0.1) is 12.7 Å². The van der Waals surface area contributed by atoms with Crippen LogP contribution in [-0.2, 0) is 4.74 Å². The fourth-order valence-electron chi connectivity index (χ4n) is 1.53. The van der Waals surface area contributed by atoms with Gasteiger partial charge in [0.15, 0.2) is 0 Å². The quantitative estimate of drug-likeness (QED) is 0.810. The number of rotatable bonds is 6. The van der Waals surface area contributed by atoms with Crippen molar-refractivity contribution in [1.82, 2.24) is 5.32 Å². The number of ether oxygens (including phenoxy) is 1. The summed E-state index contributed by atoms with van der Waals surface area (Å²) in [4.78, 5) is 0. The van der Waals surface area contributed by atoms with Crippen LogP contribution >= 0.6 is 15.9 Å². The first-order valence-corrected chi connectivity index (χ1v) is 6.60. The molecular weight excluding hydrogens is 285 g/mol. The topological polar surface area (TPSA) is 21.3 Å². The van der Waals surface area contributed by atoms with Crippen molar-refractivity contribution in [3.8, 4) is 0 Å². The van der Waals surface area contributed by atoms with E-state index >= 15 is 0 Å². The highest BCUT2D eigenvalue weighted by Gasteiger charge is 2.10. The van der Waals surface area contributed by atoms with Gasteiger partial charge in [-0.2, -0.15) is 0 Å². The third kappa shape index (κ3) is 5.15. The molecule has 0 radical (unpaired) electrons. The van der Waals surface area contributed by atoms with Crippen molar-refractivity contribution in [3.63, 3.8) is 0 Å². The van der Waals surface area contributed by atoms with Crippen molar-refractivity contribution in [2.24, 2.45) is 0 Å². The number of nitrogens with one attached hydrogen (secondary N) is 1. The fourth-order valence-corrected chi connectivity index (χ4v) is 1.91. The van der Waals surface area contributed by atoms with E-state index in [9.17, 15) is 4.39 Å². The molecule has 0 saturated carbocycles. The standard InChI is InChI=1S/C13H19BrFNO/c1-9(2)17-7-6-16-10(3)12-8-11(14)4-5-13(12)15/h4-5,8-10,16H,6-7H2,1-3H3. The van der Waals surface area contributed by atoms with Crippen LogP contribution in [0.3, 0.4) is 0 Å². The Labute approximate surface area is 111 Å². The Bertz CT molecular complexity index is 357. The monoisotopic (exact) mass is 303 g/mol. The zero-order chi connectivity index (χ0) is 12.8. The van der Waals surface area contributed by atoms with Crippen molar-refractivity contribution in [2.75, 3.05) is 13.2 Å². The maximum Gasteiger partial charge on any atom is 0.128 e. The lowest BCUT2D eigenvalue weighted by Gasteiger charge is -2.16. The molecule has 1 aromatic carbocycles. The van der Waals surface area contributed by atoms with Gasteiger partial charge in [0.1, 0.15) is 5.82 Å². The smallest absolute Gasteiger partial charge is 0.128 e. The molecule has 0 saturated heterocycles. The highest BCUT2D eigenvalue weighted by atomic mass is 79.9. The number of benzene rings is 1. The summed E-state index contributed by atoms with van der Waals surface area (Å²) in [6.45, 7) is 7.29. The molecule has 2 nitrogen and oxygen atoms in total. The third-order valence-electron chi connectivity index (χ3n) is 2.43. The lowest BCUT2D eigenvalue weighted by molar-refractivity contribution is 0.0795. The highest BCUT2D eigenvalue weighted by Crippen LogP contribution is 2.21. The summed E-state index contributed by atoms with van der Waals surface area (Å²) in [6, 6.07) is 4.95. The average molecular weight is 304 g/mol. The normalized spacial score (nSPS) is 13.1. The fraction of sp³-hybridized carbons (Fsp3) is 0.538. The summed E-state index contributed by atoms with van der Waals surface area (Å²) in [6.07, 6.45) is 0.231. The first-order valence-electron chi connectivity index (χ1n) is 5.80. The van der Waals surface area contributed by atoms with Gasteiger partial charge < -0.3 is 10.1 Å². The summed E-state index contributed by atoms with van der Waals surface area (Å²) in [5, 5.41) is 3.24. The van der Waals surface area contributed by atoms with Gasteiger partial charge in [0.25, 0.3) is 0 Å². The Morgan fingerprint density at radius 3 is 2.71 bits per heavy atom. The zero-order valence-corrected chi connectivity index (χ0v) is 12.1. The second-order valence-corrected chi connectivity index (χ2v) is 5.18. The molecule has 1 rings (SSSR count). The SMILES string of the molecule is CC(C)OCCNC(C)c1cc(Br)ccc1F. The van der Waals surface area contributed by atoms with Gasteiger partial charge in [-0.25, -0.2) is 4.39 Å². The van der Waals surface area contributed by atoms with Gasteiger partial charge in [0.2, 0.25) is 0 Å². The van der Waals surface area contributed by atoms with Crippen LogP contribution in [0.4, 0.5) is 4.39 Å². The van der Waals surface area contributed by atoms with E-state index in [2.05, 4.69) is 21.2 Å². The van der Waals surface area contributed by atoms with E-state index in [-0.39, 0.29) is 18.0 Å². The maximum absolute atomic E-state index is 13.6. The van der Waals surface area contributed by atoms with Gasteiger partial charge in [-0.05, 0) is 39.0 Å². The minimum Gasteiger partial charge on any atom is -0.377 e. The first kappa shape index (κ1) is 14.6. The van der Waals surface area contributed by atoms with Crippen LogP contribution in [0.25, 0.3) is 0 Å². The molecule has 17 heavy (non-hydrogen) atoms. The molecule has 0 aliphatic rings. The van der Waals surface area contributed by atoms with E-state index in [1.807, 2.05) is 20.8 Å². The Morgan fingerprint density at radius 1 is 1.35 bits per heavy atom. The van der Waals surface area contributed by atoms with Gasteiger partial charge in [0, 0.05) is 22.6 Å². The van der Waals surface area contributed by atoms with Gasteiger partial charge in [-0.15, -0.1) is 0 Å². The molecule has 1 atom stereocenters. The van der Waals surface area contributed by atoms with Crippen LogP contribution in [0.5, 0.6) is 0 Å².